The Morgan fingerprint density at radius 1 is 1.12 bits per heavy atom. The van der Waals surface area contributed by atoms with E-state index in [-0.39, 0.29) is 23.6 Å². The molecule has 2 unspecified atom stereocenters. The van der Waals surface area contributed by atoms with Gasteiger partial charge in [-0.05, 0) is 48.4 Å². The van der Waals surface area contributed by atoms with Gasteiger partial charge in [0.25, 0.3) is 5.91 Å². The van der Waals surface area contributed by atoms with E-state index in [0.717, 1.165) is 36.3 Å². The summed E-state index contributed by atoms with van der Waals surface area (Å²) in [5.41, 5.74) is 1.34. The number of ketones is 1. The highest BCUT2D eigenvalue weighted by Crippen LogP contribution is 2.31. The molecule has 2 aliphatic heterocycles. The minimum absolute atomic E-state index is 0.0784. The zero-order valence-corrected chi connectivity index (χ0v) is 18.2. The fourth-order valence-electron chi connectivity index (χ4n) is 4.33. The number of halogens is 3. The summed E-state index contributed by atoms with van der Waals surface area (Å²) < 4.78 is 44.4. The van der Waals surface area contributed by atoms with Crippen molar-refractivity contribution in [3.8, 4) is 0 Å². The molecule has 176 valence electrons. The van der Waals surface area contributed by atoms with E-state index >= 15 is 0 Å². The molecule has 1 amide bonds. The van der Waals surface area contributed by atoms with E-state index in [4.69, 9.17) is 4.74 Å². The van der Waals surface area contributed by atoms with Crippen LogP contribution < -0.4 is 10.6 Å². The first kappa shape index (κ1) is 23.4. The van der Waals surface area contributed by atoms with Crippen molar-refractivity contribution in [2.75, 3.05) is 31.6 Å². The molecule has 6 nitrogen and oxygen atoms in total. The minimum Gasteiger partial charge on any atom is -0.379 e. The molecule has 2 fully saturated rings. The van der Waals surface area contributed by atoms with Crippen molar-refractivity contribution in [1.82, 2.24) is 10.2 Å². The van der Waals surface area contributed by atoms with Gasteiger partial charge in [0.1, 0.15) is 5.78 Å². The van der Waals surface area contributed by atoms with Crippen LogP contribution in [-0.2, 0) is 15.7 Å². The molecular formula is C24H26F3N3O3. The lowest BCUT2D eigenvalue weighted by molar-refractivity contribution is -0.137. The number of piperidine rings is 1. The Bertz CT molecular complexity index is 1040. The third-order valence-corrected chi connectivity index (χ3v) is 6.10. The van der Waals surface area contributed by atoms with Crippen LogP contribution >= 0.6 is 0 Å². The van der Waals surface area contributed by atoms with Crippen LogP contribution in [0.25, 0.3) is 0 Å². The van der Waals surface area contributed by atoms with E-state index in [1.54, 1.807) is 12.1 Å². The van der Waals surface area contributed by atoms with E-state index in [9.17, 15) is 22.8 Å². The summed E-state index contributed by atoms with van der Waals surface area (Å²) in [6, 6.07) is 9.42. The fraction of sp³-hybridized carbons (Fsp3) is 0.417. The predicted octanol–water partition coefficient (Wildman–Crippen LogP) is 3.92. The van der Waals surface area contributed by atoms with Gasteiger partial charge in [0.2, 0.25) is 0 Å². The maximum Gasteiger partial charge on any atom is 0.416 e. The summed E-state index contributed by atoms with van der Waals surface area (Å²) >= 11 is 0. The second kappa shape index (κ2) is 9.62. The van der Waals surface area contributed by atoms with Gasteiger partial charge in [0.05, 0.1) is 24.9 Å². The van der Waals surface area contributed by atoms with Crippen LogP contribution in [-0.4, -0.2) is 49.1 Å². The minimum atomic E-state index is -4.52. The van der Waals surface area contributed by atoms with Gasteiger partial charge in [-0.3, -0.25) is 19.8 Å². The first-order valence-electron chi connectivity index (χ1n) is 10.9. The van der Waals surface area contributed by atoms with Crippen LogP contribution in [0.2, 0.25) is 0 Å². The number of hydrogen-bond acceptors (Lipinski definition) is 5. The fourth-order valence-corrected chi connectivity index (χ4v) is 4.33. The molecular weight excluding hydrogens is 435 g/mol. The molecule has 2 heterocycles. The van der Waals surface area contributed by atoms with Crippen molar-refractivity contribution in [2.45, 2.75) is 38.1 Å². The third kappa shape index (κ3) is 5.61. The number of amides is 1. The number of anilines is 1. The summed E-state index contributed by atoms with van der Waals surface area (Å²) in [5.74, 6) is -0.470. The molecule has 0 bridgehead atoms. The highest BCUT2D eigenvalue weighted by Gasteiger charge is 2.33. The Kier molecular flexibility index (Phi) is 6.83. The van der Waals surface area contributed by atoms with E-state index < -0.39 is 17.6 Å². The number of nitrogens with zero attached hydrogens (tertiary/aromatic N) is 1. The Labute approximate surface area is 190 Å². The molecule has 2 aromatic rings. The van der Waals surface area contributed by atoms with E-state index in [2.05, 4.69) is 15.5 Å². The van der Waals surface area contributed by atoms with Crippen LogP contribution in [0.15, 0.2) is 42.5 Å². The van der Waals surface area contributed by atoms with E-state index in [0.29, 0.717) is 31.7 Å². The number of morpholine rings is 1. The van der Waals surface area contributed by atoms with Gasteiger partial charge in [-0.15, -0.1) is 0 Å². The Morgan fingerprint density at radius 2 is 1.88 bits per heavy atom. The molecule has 0 spiro atoms. The maximum absolute atomic E-state index is 13.0. The number of carbonyl (C=O) groups is 2. The Hall–Kier alpha value is -2.75. The summed E-state index contributed by atoms with van der Waals surface area (Å²) in [7, 11) is 0. The van der Waals surface area contributed by atoms with Crippen molar-refractivity contribution >= 4 is 17.4 Å². The molecule has 33 heavy (non-hydrogen) atoms. The first-order valence-corrected chi connectivity index (χ1v) is 10.9. The monoisotopic (exact) mass is 461 g/mol. The standard InChI is InChI=1S/C24H26F3N3O3/c1-15-5-6-18(28-23(32)16-3-2-4-17(11-16)24(25,26)27)12-20(15)21-13-19(31)14-22(29-21)30-7-9-33-10-8-30/h2-6,11-12,21-22,29H,7-10,13-14H2,1H3,(H,28,32). The number of aryl methyl sites for hydroxylation is 1. The third-order valence-electron chi connectivity index (χ3n) is 6.10. The number of hydrogen-bond donors (Lipinski definition) is 2. The number of rotatable bonds is 4. The highest BCUT2D eigenvalue weighted by molar-refractivity contribution is 6.04. The van der Waals surface area contributed by atoms with Crippen molar-refractivity contribution in [2.24, 2.45) is 0 Å². The highest BCUT2D eigenvalue weighted by atomic mass is 19.4. The van der Waals surface area contributed by atoms with Gasteiger partial charge < -0.3 is 10.1 Å². The Balaban J connectivity index is 1.52. The predicted molar refractivity (Wildman–Crippen MR) is 117 cm³/mol. The summed E-state index contributed by atoms with van der Waals surface area (Å²) in [6.45, 7) is 4.70. The van der Waals surface area contributed by atoms with Gasteiger partial charge in [0.15, 0.2) is 0 Å². The van der Waals surface area contributed by atoms with E-state index in [1.807, 2.05) is 13.0 Å². The zero-order valence-electron chi connectivity index (χ0n) is 18.2. The van der Waals surface area contributed by atoms with Crippen molar-refractivity contribution < 1.29 is 27.5 Å². The van der Waals surface area contributed by atoms with Gasteiger partial charge in [-0.1, -0.05) is 12.1 Å². The number of Topliss-reactive ketones (excluding diaryl/α,β-unsaturated/α-hetero) is 1. The average Bonchev–Trinajstić information content (AvgIpc) is 2.80. The topological polar surface area (TPSA) is 70.7 Å². The van der Waals surface area contributed by atoms with Crippen LogP contribution in [0.5, 0.6) is 0 Å². The lowest BCUT2D eigenvalue weighted by Gasteiger charge is -2.40. The molecule has 2 atom stereocenters. The largest absolute Gasteiger partial charge is 0.416 e. The van der Waals surface area contributed by atoms with E-state index in [1.165, 1.54) is 12.1 Å². The number of alkyl halides is 3. The second-order valence-corrected chi connectivity index (χ2v) is 8.43. The summed E-state index contributed by atoms with van der Waals surface area (Å²) in [5, 5.41) is 6.24. The van der Waals surface area contributed by atoms with Gasteiger partial charge in [-0.2, -0.15) is 13.2 Å². The second-order valence-electron chi connectivity index (χ2n) is 8.43. The molecule has 2 aliphatic rings. The molecule has 0 aromatic heterocycles. The van der Waals surface area contributed by atoms with Crippen LogP contribution in [0.1, 0.15) is 45.9 Å². The summed E-state index contributed by atoms with van der Waals surface area (Å²) in [6.07, 6.45) is -3.83. The lowest BCUT2D eigenvalue weighted by atomic mass is 9.91. The summed E-state index contributed by atoms with van der Waals surface area (Å²) in [4.78, 5) is 27.3. The number of nitrogens with one attached hydrogen (secondary N) is 2. The van der Waals surface area contributed by atoms with Gasteiger partial charge in [0, 0.05) is 43.2 Å². The number of carbonyl (C=O) groups excluding carboxylic acids is 2. The van der Waals surface area contributed by atoms with Gasteiger partial charge in [-0.25, -0.2) is 0 Å². The van der Waals surface area contributed by atoms with Crippen LogP contribution in [0.3, 0.4) is 0 Å². The van der Waals surface area contributed by atoms with Crippen LogP contribution in [0.4, 0.5) is 18.9 Å². The normalized spacial score (nSPS) is 22.2. The molecule has 2 aromatic carbocycles. The quantitative estimate of drug-likeness (QED) is 0.723. The molecule has 9 heteroatoms. The first-order chi connectivity index (χ1) is 15.7. The molecule has 2 saturated heterocycles. The molecule has 0 aliphatic carbocycles. The van der Waals surface area contributed by atoms with Crippen molar-refractivity contribution in [1.29, 1.82) is 0 Å². The smallest absolute Gasteiger partial charge is 0.379 e. The Morgan fingerprint density at radius 3 is 2.61 bits per heavy atom. The lowest BCUT2D eigenvalue weighted by Crippen LogP contribution is -2.55. The maximum atomic E-state index is 13.0. The van der Waals surface area contributed by atoms with Crippen molar-refractivity contribution in [3.63, 3.8) is 0 Å². The van der Waals surface area contributed by atoms with Crippen LogP contribution in [0, 0.1) is 6.92 Å². The molecule has 4 rings (SSSR count). The molecule has 0 saturated carbocycles. The average molecular weight is 461 g/mol. The number of ether oxygens (including phenoxy) is 1. The molecule has 2 N–H and O–H groups in total. The number of benzene rings is 2. The SMILES string of the molecule is Cc1ccc(NC(=O)c2cccc(C(F)(F)F)c2)cc1C1CC(=O)CC(N2CCOCC2)N1. The zero-order chi connectivity index (χ0) is 23.6. The molecule has 0 radical (unpaired) electrons. The van der Waals surface area contributed by atoms with Gasteiger partial charge >= 0.3 is 6.18 Å². The van der Waals surface area contributed by atoms with Crippen molar-refractivity contribution in [3.05, 3.63) is 64.7 Å².